The molecule has 15 heavy (non-hydrogen) atoms. The van der Waals surface area contributed by atoms with E-state index in [2.05, 4.69) is 0 Å². The Labute approximate surface area is 88.1 Å². The minimum absolute atomic E-state index is 0.142. The zero-order valence-corrected chi connectivity index (χ0v) is 8.83. The van der Waals surface area contributed by atoms with Crippen LogP contribution in [0.15, 0.2) is 0 Å². The maximum Gasteiger partial charge on any atom is 0.163 e. The Morgan fingerprint density at radius 1 is 1.33 bits per heavy atom. The van der Waals surface area contributed by atoms with Crippen molar-refractivity contribution >= 4 is 0 Å². The normalized spacial score (nSPS) is 31.2. The molecule has 0 amide bonds. The maximum atomic E-state index is 9.63. The molecule has 1 aliphatic rings. The largest absolute Gasteiger partial charge is 0.394 e. The van der Waals surface area contributed by atoms with Crippen LogP contribution in [0.1, 0.15) is 13.8 Å². The molecule has 6 heteroatoms. The van der Waals surface area contributed by atoms with Gasteiger partial charge in [-0.15, -0.1) is 0 Å². The van der Waals surface area contributed by atoms with Gasteiger partial charge in [-0.2, -0.15) is 0 Å². The first-order valence-corrected chi connectivity index (χ1v) is 4.84. The van der Waals surface area contributed by atoms with Gasteiger partial charge in [0.15, 0.2) is 5.79 Å². The Hall–Kier alpha value is -0.240. The Kier molecular flexibility index (Phi) is 4.05. The van der Waals surface area contributed by atoms with Crippen molar-refractivity contribution in [1.29, 1.82) is 0 Å². The summed E-state index contributed by atoms with van der Waals surface area (Å²) in [5.74, 6) is -0.796. The fourth-order valence-electron chi connectivity index (χ4n) is 1.44. The molecule has 0 bridgehead atoms. The van der Waals surface area contributed by atoms with Gasteiger partial charge in [0.1, 0.15) is 24.4 Å². The van der Waals surface area contributed by atoms with Crippen molar-refractivity contribution in [3.05, 3.63) is 0 Å². The van der Waals surface area contributed by atoms with Crippen LogP contribution in [0.5, 0.6) is 0 Å². The fraction of sp³-hybridized carbons (Fsp3) is 1.00. The van der Waals surface area contributed by atoms with Crippen molar-refractivity contribution < 1.29 is 29.9 Å². The summed E-state index contributed by atoms with van der Waals surface area (Å²) in [6, 6.07) is 0. The van der Waals surface area contributed by atoms with Crippen molar-refractivity contribution in [2.75, 3.05) is 13.2 Å². The molecule has 1 aliphatic heterocycles. The van der Waals surface area contributed by atoms with Crippen LogP contribution in [0.2, 0.25) is 0 Å². The Bertz CT molecular complexity index is 207. The smallest absolute Gasteiger partial charge is 0.163 e. The average molecular weight is 222 g/mol. The van der Waals surface area contributed by atoms with Gasteiger partial charge in [-0.3, -0.25) is 0 Å². The van der Waals surface area contributed by atoms with Gasteiger partial charge in [0.25, 0.3) is 0 Å². The summed E-state index contributed by atoms with van der Waals surface area (Å²) in [6.45, 7) is 2.90. The van der Waals surface area contributed by atoms with E-state index >= 15 is 0 Å². The van der Waals surface area contributed by atoms with Gasteiger partial charge in [0.05, 0.1) is 13.2 Å². The van der Waals surface area contributed by atoms with Crippen LogP contribution < -0.4 is 0 Å². The number of aliphatic hydroxyl groups excluding tert-OH is 4. The summed E-state index contributed by atoms with van der Waals surface area (Å²) in [4.78, 5) is 0. The molecule has 1 rings (SSSR count). The predicted molar refractivity (Wildman–Crippen MR) is 50.0 cm³/mol. The average Bonchev–Trinajstić information content (AvgIpc) is 2.55. The molecule has 1 heterocycles. The molecule has 0 aromatic carbocycles. The summed E-state index contributed by atoms with van der Waals surface area (Å²) < 4.78 is 10.5. The lowest BCUT2D eigenvalue weighted by Gasteiger charge is -2.26. The van der Waals surface area contributed by atoms with Crippen LogP contribution in [-0.4, -0.2) is 63.8 Å². The zero-order valence-electron chi connectivity index (χ0n) is 8.83. The van der Waals surface area contributed by atoms with Gasteiger partial charge in [0.2, 0.25) is 0 Å². The molecule has 0 saturated carbocycles. The van der Waals surface area contributed by atoms with E-state index in [-0.39, 0.29) is 6.61 Å². The van der Waals surface area contributed by atoms with Crippen LogP contribution >= 0.6 is 0 Å². The summed E-state index contributed by atoms with van der Waals surface area (Å²) in [7, 11) is 0. The topological polar surface area (TPSA) is 99.4 Å². The second kappa shape index (κ2) is 4.73. The third kappa shape index (κ3) is 3.10. The third-order valence-corrected chi connectivity index (χ3v) is 2.34. The molecule has 1 fully saturated rings. The number of rotatable bonds is 4. The van der Waals surface area contributed by atoms with Crippen LogP contribution in [0, 0.1) is 0 Å². The van der Waals surface area contributed by atoms with Crippen LogP contribution in [0.3, 0.4) is 0 Å². The quantitative estimate of drug-likeness (QED) is 0.448. The van der Waals surface area contributed by atoms with E-state index in [1.54, 1.807) is 13.8 Å². The SMILES string of the molecule is CC1(C)OC[C@H]([C@@H](O)[C@H](O)[C@H](O)CO)O1. The first-order chi connectivity index (χ1) is 6.87. The van der Waals surface area contributed by atoms with Crippen molar-refractivity contribution in [2.45, 2.75) is 44.1 Å². The van der Waals surface area contributed by atoms with E-state index in [0.717, 1.165) is 0 Å². The monoisotopic (exact) mass is 222 g/mol. The van der Waals surface area contributed by atoms with Gasteiger partial charge < -0.3 is 29.9 Å². The van der Waals surface area contributed by atoms with E-state index in [0.29, 0.717) is 0 Å². The van der Waals surface area contributed by atoms with Gasteiger partial charge in [0, 0.05) is 0 Å². The highest BCUT2D eigenvalue weighted by Gasteiger charge is 2.40. The Morgan fingerprint density at radius 2 is 1.93 bits per heavy atom. The molecule has 6 nitrogen and oxygen atoms in total. The van der Waals surface area contributed by atoms with Gasteiger partial charge in [-0.25, -0.2) is 0 Å². The van der Waals surface area contributed by atoms with E-state index in [1.807, 2.05) is 0 Å². The van der Waals surface area contributed by atoms with Gasteiger partial charge in [-0.1, -0.05) is 0 Å². The molecular weight excluding hydrogens is 204 g/mol. The van der Waals surface area contributed by atoms with Crippen LogP contribution in [-0.2, 0) is 9.47 Å². The molecule has 4 N–H and O–H groups in total. The molecule has 0 spiro atoms. The molecule has 0 unspecified atom stereocenters. The molecule has 1 saturated heterocycles. The summed E-state index contributed by atoms with van der Waals surface area (Å²) >= 11 is 0. The second-order valence-corrected chi connectivity index (χ2v) is 4.10. The molecule has 0 aromatic rings. The van der Waals surface area contributed by atoms with Crippen molar-refractivity contribution in [1.82, 2.24) is 0 Å². The molecule has 0 aliphatic carbocycles. The lowest BCUT2D eigenvalue weighted by molar-refractivity contribution is -0.170. The molecule has 4 atom stereocenters. The lowest BCUT2D eigenvalue weighted by Crippen LogP contribution is -2.47. The zero-order chi connectivity index (χ0) is 11.6. The standard InChI is InChI=1S/C9H18O6/c1-9(2)14-4-6(15-9)8(13)7(12)5(11)3-10/h5-8,10-13H,3-4H2,1-2H3/t5-,6-,7-,8-/m1/s1. The minimum atomic E-state index is -1.45. The van der Waals surface area contributed by atoms with Crippen molar-refractivity contribution in [2.24, 2.45) is 0 Å². The van der Waals surface area contributed by atoms with Crippen LogP contribution in [0.4, 0.5) is 0 Å². The maximum absolute atomic E-state index is 9.63. The highest BCUT2D eigenvalue weighted by atomic mass is 16.7. The van der Waals surface area contributed by atoms with Crippen molar-refractivity contribution in [3.8, 4) is 0 Å². The molecular formula is C9H18O6. The van der Waals surface area contributed by atoms with E-state index in [4.69, 9.17) is 19.7 Å². The van der Waals surface area contributed by atoms with Crippen molar-refractivity contribution in [3.63, 3.8) is 0 Å². The molecule has 90 valence electrons. The van der Waals surface area contributed by atoms with Gasteiger partial charge >= 0.3 is 0 Å². The highest BCUT2D eigenvalue weighted by Crippen LogP contribution is 2.25. The van der Waals surface area contributed by atoms with E-state index in [1.165, 1.54) is 0 Å². The first-order valence-electron chi connectivity index (χ1n) is 4.84. The third-order valence-electron chi connectivity index (χ3n) is 2.34. The second-order valence-electron chi connectivity index (χ2n) is 4.10. The fourth-order valence-corrected chi connectivity index (χ4v) is 1.44. The number of ether oxygens (including phenoxy) is 2. The van der Waals surface area contributed by atoms with E-state index in [9.17, 15) is 10.2 Å². The number of aliphatic hydroxyl groups is 4. The summed E-state index contributed by atoms with van der Waals surface area (Å²) in [5.41, 5.74) is 0. The highest BCUT2D eigenvalue weighted by molar-refractivity contribution is 4.85. The molecule has 0 radical (unpaired) electrons. The Balaban J connectivity index is 2.51. The van der Waals surface area contributed by atoms with Gasteiger partial charge in [-0.05, 0) is 13.8 Å². The minimum Gasteiger partial charge on any atom is -0.394 e. The predicted octanol–water partition coefficient (Wildman–Crippen LogP) is -1.79. The van der Waals surface area contributed by atoms with E-state index < -0.39 is 36.8 Å². The van der Waals surface area contributed by atoms with Crippen LogP contribution in [0.25, 0.3) is 0 Å². The lowest BCUT2D eigenvalue weighted by atomic mass is 10.0. The summed E-state index contributed by atoms with van der Waals surface area (Å²) in [5, 5.41) is 36.8. The Morgan fingerprint density at radius 3 is 2.33 bits per heavy atom. The summed E-state index contributed by atoms with van der Waals surface area (Å²) in [6.07, 6.45) is -4.81. The molecule has 0 aromatic heterocycles. The first kappa shape index (κ1) is 12.8. The number of hydrogen-bond acceptors (Lipinski definition) is 6. The number of hydrogen-bond donors (Lipinski definition) is 4.